The fourth-order valence-corrected chi connectivity index (χ4v) is 2.46. The van der Waals surface area contributed by atoms with Crippen LogP contribution in [-0.4, -0.2) is 34.7 Å². The van der Waals surface area contributed by atoms with Crippen LogP contribution in [0.4, 0.5) is 0 Å². The number of β-amino-alcohol motifs (C(OH)–C–C–N with tert-alkyl or cyclic N) is 1. The van der Waals surface area contributed by atoms with Gasteiger partial charge in [-0.1, -0.05) is 20.8 Å². The molecule has 0 spiro atoms. The van der Waals surface area contributed by atoms with E-state index in [1.165, 1.54) is 6.42 Å². The SMILES string of the molecule is CCC(O)(CC)CN1CC(C)CC1C. The number of hydrogen-bond acceptors (Lipinski definition) is 2. The Morgan fingerprint density at radius 2 is 1.86 bits per heavy atom. The van der Waals surface area contributed by atoms with E-state index in [1.54, 1.807) is 0 Å². The maximum absolute atomic E-state index is 10.3. The molecule has 1 heterocycles. The van der Waals surface area contributed by atoms with E-state index in [2.05, 4.69) is 32.6 Å². The highest BCUT2D eigenvalue weighted by atomic mass is 16.3. The lowest BCUT2D eigenvalue weighted by Crippen LogP contribution is -2.43. The average Bonchev–Trinajstić information content (AvgIpc) is 2.45. The summed E-state index contributed by atoms with van der Waals surface area (Å²) in [5.41, 5.74) is -0.460. The molecule has 2 nitrogen and oxygen atoms in total. The van der Waals surface area contributed by atoms with Crippen LogP contribution >= 0.6 is 0 Å². The third kappa shape index (κ3) is 2.71. The second-order valence-electron chi connectivity index (χ2n) is 5.05. The molecule has 0 aromatic rings. The van der Waals surface area contributed by atoms with Crippen molar-refractivity contribution >= 4 is 0 Å². The zero-order valence-corrected chi connectivity index (χ0v) is 10.1. The van der Waals surface area contributed by atoms with E-state index in [0.717, 1.165) is 31.8 Å². The van der Waals surface area contributed by atoms with Gasteiger partial charge in [-0.05, 0) is 32.1 Å². The van der Waals surface area contributed by atoms with Gasteiger partial charge in [-0.25, -0.2) is 0 Å². The molecule has 0 aromatic heterocycles. The van der Waals surface area contributed by atoms with E-state index >= 15 is 0 Å². The highest BCUT2D eigenvalue weighted by Gasteiger charge is 2.32. The van der Waals surface area contributed by atoms with Crippen LogP contribution < -0.4 is 0 Å². The molecule has 1 aliphatic heterocycles. The van der Waals surface area contributed by atoms with E-state index in [9.17, 15) is 5.11 Å². The number of aliphatic hydroxyl groups is 1. The first-order valence-corrected chi connectivity index (χ1v) is 5.97. The maximum atomic E-state index is 10.3. The molecule has 0 aromatic carbocycles. The first-order chi connectivity index (χ1) is 6.50. The van der Waals surface area contributed by atoms with Gasteiger partial charge in [-0.2, -0.15) is 0 Å². The molecule has 0 amide bonds. The van der Waals surface area contributed by atoms with Crippen LogP contribution in [0.1, 0.15) is 47.0 Å². The van der Waals surface area contributed by atoms with Gasteiger partial charge in [0.05, 0.1) is 5.60 Å². The van der Waals surface area contributed by atoms with Gasteiger partial charge < -0.3 is 5.11 Å². The van der Waals surface area contributed by atoms with Crippen molar-refractivity contribution in [1.29, 1.82) is 0 Å². The van der Waals surface area contributed by atoms with Gasteiger partial charge in [0.15, 0.2) is 0 Å². The molecule has 1 saturated heterocycles. The predicted octanol–water partition coefficient (Wildman–Crippen LogP) is 2.27. The largest absolute Gasteiger partial charge is 0.389 e. The molecule has 1 N–H and O–H groups in total. The molecule has 0 aliphatic carbocycles. The summed E-state index contributed by atoms with van der Waals surface area (Å²) in [5, 5.41) is 10.3. The Morgan fingerprint density at radius 1 is 1.29 bits per heavy atom. The quantitative estimate of drug-likeness (QED) is 0.751. The second-order valence-corrected chi connectivity index (χ2v) is 5.05. The first-order valence-electron chi connectivity index (χ1n) is 5.97. The minimum atomic E-state index is -0.460. The van der Waals surface area contributed by atoms with Crippen LogP contribution in [0.5, 0.6) is 0 Å². The van der Waals surface area contributed by atoms with Gasteiger partial charge in [0.25, 0.3) is 0 Å². The van der Waals surface area contributed by atoms with Crippen LogP contribution in [0.15, 0.2) is 0 Å². The van der Waals surface area contributed by atoms with Crippen LogP contribution in [0.25, 0.3) is 0 Å². The molecule has 84 valence electrons. The molecule has 2 unspecified atom stereocenters. The minimum absolute atomic E-state index is 0.460. The van der Waals surface area contributed by atoms with Crippen molar-refractivity contribution in [3.05, 3.63) is 0 Å². The second kappa shape index (κ2) is 4.63. The van der Waals surface area contributed by atoms with Crippen LogP contribution in [0.2, 0.25) is 0 Å². The van der Waals surface area contributed by atoms with E-state index in [1.807, 2.05) is 0 Å². The Labute approximate surface area is 88.3 Å². The molecule has 1 rings (SSSR count). The molecule has 0 saturated carbocycles. The Balaban J connectivity index is 2.51. The van der Waals surface area contributed by atoms with E-state index in [0.29, 0.717) is 6.04 Å². The molecular formula is C12H25NO. The number of hydrogen-bond donors (Lipinski definition) is 1. The molecule has 0 bridgehead atoms. The van der Waals surface area contributed by atoms with Crippen molar-refractivity contribution in [2.45, 2.75) is 58.6 Å². The zero-order valence-electron chi connectivity index (χ0n) is 10.1. The fraction of sp³-hybridized carbons (Fsp3) is 1.00. The van der Waals surface area contributed by atoms with E-state index in [-0.39, 0.29) is 0 Å². The van der Waals surface area contributed by atoms with E-state index < -0.39 is 5.60 Å². The Kier molecular flexibility index (Phi) is 3.96. The summed E-state index contributed by atoms with van der Waals surface area (Å²) in [7, 11) is 0. The predicted molar refractivity (Wildman–Crippen MR) is 60.3 cm³/mol. The van der Waals surface area contributed by atoms with Gasteiger partial charge in [0, 0.05) is 19.1 Å². The Bertz CT molecular complexity index is 177. The standard InChI is InChI=1S/C12H25NO/c1-5-12(14,6-2)9-13-8-10(3)7-11(13)4/h10-11,14H,5-9H2,1-4H3. The summed E-state index contributed by atoms with van der Waals surface area (Å²) in [6.07, 6.45) is 3.01. The van der Waals surface area contributed by atoms with Crippen molar-refractivity contribution in [3.8, 4) is 0 Å². The van der Waals surface area contributed by atoms with Gasteiger partial charge in [0.1, 0.15) is 0 Å². The summed E-state index contributed by atoms with van der Waals surface area (Å²) in [6.45, 7) is 10.7. The molecule has 2 atom stereocenters. The van der Waals surface area contributed by atoms with Gasteiger partial charge >= 0.3 is 0 Å². The number of rotatable bonds is 4. The molecule has 1 fully saturated rings. The van der Waals surface area contributed by atoms with Crippen LogP contribution in [0.3, 0.4) is 0 Å². The highest BCUT2D eigenvalue weighted by molar-refractivity contribution is 4.87. The molecule has 0 radical (unpaired) electrons. The van der Waals surface area contributed by atoms with E-state index in [4.69, 9.17) is 0 Å². The Hall–Kier alpha value is -0.0800. The van der Waals surface area contributed by atoms with Crippen molar-refractivity contribution in [2.24, 2.45) is 5.92 Å². The Morgan fingerprint density at radius 3 is 2.21 bits per heavy atom. The third-order valence-electron chi connectivity index (χ3n) is 3.73. The third-order valence-corrected chi connectivity index (χ3v) is 3.73. The molecule has 2 heteroatoms. The van der Waals surface area contributed by atoms with Crippen molar-refractivity contribution in [3.63, 3.8) is 0 Å². The van der Waals surface area contributed by atoms with Crippen molar-refractivity contribution < 1.29 is 5.11 Å². The van der Waals surface area contributed by atoms with Gasteiger partial charge in [-0.15, -0.1) is 0 Å². The normalized spacial score (nSPS) is 29.8. The van der Waals surface area contributed by atoms with Crippen LogP contribution in [0, 0.1) is 5.92 Å². The van der Waals surface area contributed by atoms with Crippen molar-refractivity contribution in [2.75, 3.05) is 13.1 Å². The smallest absolute Gasteiger partial charge is 0.0769 e. The first kappa shape index (κ1) is 12.0. The molecule has 14 heavy (non-hydrogen) atoms. The highest BCUT2D eigenvalue weighted by Crippen LogP contribution is 2.26. The summed E-state index contributed by atoms with van der Waals surface area (Å²) in [4.78, 5) is 2.44. The fourth-order valence-electron chi connectivity index (χ4n) is 2.46. The molecular weight excluding hydrogens is 174 g/mol. The molecule has 1 aliphatic rings. The lowest BCUT2D eigenvalue weighted by Gasteiger charge is -2.32. The summed E-state index contributed by atoms with van der Waals surface area (Å²) < 4.78 is 0. The van der Waals surface area contributed by atoms with Gasteiger partial charge in [0.2, 0.25) is 0 Å². The maximum Gasteiger partial charge on any atom is 0.0769 e. The summed E-state index contributed by atoms with van der Waals surface area (Å²) in [5.74, 6) is 0.794. The number of nitrogens with zero attached hydrogens (tertiary/aromatic N) is 1. The summed E-state index contributed by atoms with van der Waals surface area (Å²) in [6, 6.07) is 0.648. The minimum Gasteiger partial charge on any atom is -0.389 e. The zero-order chi connectivity index (χ0) is 10.8. The van der Waals surface area contributed by atoms with Crippen molar-refractivity contribution in [1.82, 2.24) is 4.90 Å². The van der Waals surface area contributed by atoms with Gasteiger partial charge in [-0.3, -0.25) is 4.90 Å². The lowest BCUT2D eigenvalue weighted by molar-refractivity contribution is -0.00563. The topological polar surface area (TPSA) is 23.5 Å². The summed E-state index contributed by atoms with van der Waals surface area (Å²) >= 11 is 0. The monoisotopic (exact) mass is 199 g/mol. The lowest BCUT2D eigenvalue weighted by atomic mass is 9.96. The average molecular weight is 199 g/mol. The number of likely N-dealkylation sites (tertiary alicyclic amines) is 1. The van der Waals surface area contributed by atoms with Crippen LogP contribution in [-0.2, 0) is 0 Å².